The zero-order valence-corrected chi connectivity index (χ0v) is 11.1. The summed E-state index contributed by atoms with van der Waals surface area (Å²) < 4.78 is 11.8. The van der Waals surface area contributed by atoms with Crippen LogP contribution in [0.25, 0.3) is 0 Å². The first kappa shape index (κ1) is 14.7. The molecule has 0 aliphatic rings. The highest BCUT2D eigenvalue weighted by Gasteiger charge is 2.05. The van der Waals surface area contributed by atoms with Crippen molar-refractivity contribution in [3.8, 4) is 0 Å². The summed E-state index contributed by atoms with van der Waals surface area (Å²) >= 11 is 0. The second kappa shape index (κ2) is 7.13. The van der Waals surface area contributed by atoms with Gasteiger partial charge in [0.05, 0.1) is 12.2 Å². The van der Waals surface area contributed by atoms with Crippen LogP contribution in [0, 0.1) is 5.92 Å². The van der Waals surface area contributed by atoms with Crippen molar-refractivity contribution < 1.29 is 9.47 Å². The number of hydrogen-bond acceptors (Lipinski definition) is 4. The average molecular weight is 256 g/mol. The molecule has 102 valence electrons. The Labute approximate surface area is 106 Å². The van der Waals surface area contributed by atoms with Crippen LogP contribution in [0.1, 0.15) is 26.3 Å². The Morgan fingerprint density at radius 2 is 2.06 bits per heavy atom. The van der Waals surface area contributed by atoms with E-state index in [1.54, 1.807) is 0 Å². The Bertz CT molecular complexity index is 476. The molecule has 1 rings (SSSR count). The van der Waals surface area contributed by atoms with Crippen LogP contribution in [0.4, 0.5) is 0 Å². The summed E-state index contributed by atoms with van der Waals surface area (Å²) in [6, 6.07) is 0. The van der Waals surface area contributed by atoms with Crippen molar-refractivity contribution in [3.05, 3.63) is 32.6 Å². The number of rotatable bonds is 7. The van der Waals surface area contributed by atoms with Gasteiger partial charge in [-0.05, 0) is 12.8 Å². The van der Waals surface area contributed by atoms with E-state index < -0.39 is 11.2 Å². The molecule has 1 aromatic heterocycles. The van der Waals surface area contributed by atoms with E-state index in [9.17, 15) is 9.59 Å². The Kier molecular flexibility index (Phi) is 5.80. The minimum atomic E-state index is -0.471. The normalized spacial score (nSPS) is 11.1. The molecule has 0 spiro atoms. The van der Waals surface area contributed by atoms with Crippen LogP contribution in [0.3, 0.4) is 0 Å². The highest BCUT2D eigenvalue weighted by molar-refractivity contribution is 5.02. The molecule has 1 heterocycles. The zero-order chi connectivity index (χ0) is 13.5. The first-order chi connectivity index (χ1) is 8.54. The third-order valence-electron chi connectivity index (χ3n) is 2.23. The quantitative estimate of drug-likeness (QED) is 0.779. The van der Waals surface area contributed by atoms with Gasteiger partial charge < -0.3 is 9.47 Å². The molecule has 0 saturated carbocycles. The van der Waals surface area contributed by atoms with E-state index in [-0.39, 0.29) is 13.3 Å². The largest absolute Gasteiger partial charge is 0.376 e. The summed E-state index contributed by atoms with van der Waals surface area (Å²) in [5, 5.41) is 0. The molecule has 0 radical (unpaired) electrons. The summed E-state index contributed by atoms with van der Waals surface area (Å²) in [6.07, 6.45) is 1.48. The smallest absolute Gasteiger partial charge is 0.330 e. The van der Waals surface area contributed by atoms with Crippen LogP contribution < -0.4 is 11.2 Å². The lowest BCUT2D eigenvalue weighted by atomic mass is 10.2. The van der Waals surface area contributed by atoms with Gasteiger partial charge >= 0.3 is 5.69 Å². The number of H-pyrrole nitrogens is 1. The van der Waals surface area contributed by atoms with E-state index in [4.69, 9.17) is 9.47 Å². The first-order valence-electron chi connectivity index (χ1n) is 6.02. The summed E-state index contributed by atoms with van der Waals surface area (Å²) in [5.74, 6) is 0.401. The second-order valence-electron chi connectivity index (χ2n) is 4.41. The maximum absolute atomic E-state index is 11.6. The van der Waals surface area contributed by atoms with Crippen molar-refractivity contribution in [1.29, 1.82) is 0 Å². The van der Waals surface area contributed by atoms with Gasteiger partial charge in [0.1, 0.15) is 6.73 Å². The van der Waals surface area contributed by atoms with E-state index in [1.165, 1.54) is 10.8 Å². The summed E-state index contributed by atoms with van der Waals surface area (Å²) in [6.45, 7) is 7.29. The molecular formula is C12H20N2O4. The Hall–Kier alpha value is -1.40. The molecule has 0 saturated heterocycles. The molecule has 0 atom stereocenters. The highest BCUT2D eigenvalue weighted by Crippen LogP contribution is 1.97. The van der Waals surface area contributed by atoms with E-state index in [0.29, 0.717) is 24.7 Å². The van der Waals surface area contributed by atoms with Crippen LogP contribution in [-0.2, 0) is 22.8 Å². The second-order valence-corrected chi connectivity index (χ2v) is 4.41. The van der Waals surface area contributed by atoms with Gasteiger partial charge in [0.2, 0.25) is 0 Å². The molecule has 1 aromatic rings. The van der Waals surface area contributed by atoms with Crippen LogP contribution in [0.5, 0.6) is 0 Å². The molecule has 0 amide bonds. The van der Waals surface area contributed by atoms with Gasteiger partial charge in [0.15, 0.2) is 0 Å². The number of nitrogens with zero attached hydrogens (tertiary/aromatic N) is 1. The van der Waals surface area contributed by atoms with Gasteiger partial charge in [0.25, 0.3) is 5.56 Å². The van der Waals surface area contributed by atoms with Gasteiger partial charge in [-0.25, -0.2) is 4.79 Å². The van der Waals surface area contributed by atoms with Crippen molar-refractivity contribution in [2.45, 2.75) is 34.1 Å². The van der Waals surface area contributed by atoms with E-state index >= 15 is 0 Å². The molecular weight excluding hydrogens is 236 g/mol. The summed E-state index contributed by atoms with van der Waals surface area (Å²) in [4.78, 5) is 25.3. The molecule has 0 fully saturated rings. The van der Waals surface area contributed by atoms with Crippen LogP contribution in [0.2, 0.25) is 0 Å². The van der Waals surface area contributed by atoms with Gasteiger partial charge in [-0.15, -0.1) is 0 Å². The first-order valence-corrected chi connectivity index (χ1v) is 6.02. The monoisotopic (exact) mass is 256 g/mol. The van der Waals surface area contributed by atoms with Crippen molar-refractivity contribution in [1.82, 2.24) is 9.55 Å². The molecule has 6 nitrogen and oxygen atoms in total. The number of aromatic amines is 1. The van der Waals surface area contributed by atoms with E-state index in [1.807, 2.05) is 20.8 Å². The molecule has 0 bridgehead atoms. The summed E-state index contributed by atoms with van der Waals surface area (Å²) in [5.41, 5.74) is -0.451. The highest BCUT2D eigenvalue weighted by atomic mass is 16.5. The minimum absolute atomic E-state index is 0.128. The Balaban J connectivity index is 2.78. The molecule has 0 aromatic carbocycles. The standard InChI is InChI=1S/C12H20N2O4/c1-4-17-8-14-5-10(7-18-6-9(2)3)11(15)13-12(14)16/h5,9H,4,6-8H2,1-3H3,(H,13,15,16). The Morgan fingerprint density at radius 3 is 2.67 bits per heavy atom. The van der Waals surface area contributed by atoms with E-state index in [0.717, 1.165) is 0 Å². The van der Waals surface area contributed by atoms with Gasteiger partial charge in [0, 0.05) is 19.4 Å². The van der Waals surface area contributed by atoms with Crippen molar-refractivity contribution in [2.75, 3.05) is 13.2 Å². The Morgan fingerprint density at radius 1 is 1.33 bits per heavy atom. The number of nitrogens with one attached hydrogen (secondary N) is 1. The topological polar surface area (TPSA) is 73.3 Å². The zero-order valence-electron chi connectivity index (χ0n) is 11.1. The maximum Gasteiger partial charge on any atom is 0.330 e. The number of hydrogen-bond donors (Lipinski definition) is 1. The number of ether oxygens (including phenoxy) is 2. The molecule has 1 N–H and O–H groups in total. The van der Waals surface area contributed by atoms with Crippen LogP contribution in [0.15, 0.2) is 15.8 Å². The molecule has 0 aliphatic heterocycles. The van der Waals surface area contributed by atoms with Crippen LogP contribution in [-0.4, -0.2) is 22.8 Å². The fourth-order valence-corrected chi connectivity index (χ4v) is 1.35. The minimum Gasteiger partial charge on any atom is -0.376 e. The SMILES string of the molecule is CCOCn1cc(COCC(C)C)c(=O)[nH]c1=O. The third kappa shape index (κ3) is 4.46. The van der Waals surface area contributed by atoms with Crippen LogP contribution >= 0.6 is 0 Å². The summed E-state index contributed by atoms with van der Waals surface area (Å²) in [7, 11) is 0. The molecule has 6 heteroatoms. The fraction of sp³-hybridized carbons (Fsp3) is 0.667. The van der Waals surface area contributed by atoms with Gasteiger partial charge in [-0.2, -0.15) is 0 Å². The average Bonchev–Trinajstić information content (AvgIpc) is 2.30. The van der Waals surface area contributed by atoms with Gasteiger partial charge in [-0.1, -0.05) is 13.8 Å². The lowest BCUT2D eigenvalue weighted by Gasteiger charge is -2.09. The predicted octanol–water partition coefficient (Wildman–Crippen LogP) is 0.703. The van der Waals surface area contributed by atoms with Gasteiger partial charge in [-0.3, -0.25) is 14.3 Å². The lowest BCUT2D eigenvalue weighted by Crippen LogP contribution is -2.32. The molecule has 0 unspecified atom stereocenters. The van der Waals surface area contributed by atoms with Crippen molar-refractivity contribution in [3.63, 3.8) is 0 Å². The van der Waals surface area contributed by atoms with E-state index in [2.05, 4.69) is 4.98 Å². The fourth-order valence-electron chi connectivity index (χ4n) is 1.35. The van der Waals surface area contributed by atoms with Crippen molar-refractivity contribution >= 4 is 0 Å². The van der Waals surface area contributed by atoms with Crippen molar-refractivity contribution in [2.24, 2.45) is 5.92 Å². The lowest BCUT2D eigenvalue weighted by molar-refractivity contribution is 0.0803. The maximum atomic E-state index is 11.6. The predicted molar refractivity (Wildman–Crippen MR) is 67.4 cm³/mol. The molecule has 0 aliphatic carbocycles. The third-order valence-corrected chi connectivity index (χ3v) is 2.23. The molecule has 18 heavy (non-hydrogen) atoms. The number of aromatic nitrogens is 2.